The van der Waals surface area contributed by atoms with E-state index in [-0.39, 0.29) is 5.78 Å². The van der Waals surface area contributed by atoms with Crippen LogP contribution in [0.2, 0.25) is 0 Å². The van der Waals surface area contributed by atoms with Gasteiger partial charge < -0.3 is 5.11 Å². The molecule has 0 bridgehead atoms. The van der Waals surface area contributed by atoms with E-state index in [2.05, 4.69) is 0 Å². The van der Waals surface area contributed by atoms with Gasteiger partial charge in [-0.25, -0.2) is 0 Å². The summed E-state index contributed by atoms with van der Waals surface area (Å²) in [5.41, 5.74) is 1.56. The summed E-state index contributed by atoms with van der Waals surface area (Å²) in [4.78, 5) is 12.1. The lowest BCUT2D eigenvalue weighted by Crippen LogP contribution is -2.04. The van der Waals surface area contributed by atoms with Crippen molar-refractivity contribution in [2.24, 2.45) is 0 Å². The number of hydrogen-bond donors (Lipinski definition) is 1. The normalized spacial score (nSPS) is 12.2. The summed E-state index contributed by atoms with van der Waals surface area (Å²) in [6.45, 7) is 0. The average molecular weight is 290 g/mol. The zero-order valence-corrected chi connectivity index (χ0v) is 12.3. The van der Waals surface area contributed by atoms with Crippen LogP contribution in [0.15, 0.2) is 72.8 Å². The van der Waals surface area contributed by atoms with Crippen molar-refractivity contribution in [2.75, 3.05) is 0 Å². The van der Waals surface area contributed by atoms with Crippen LogP contribution >= 0.6 is 0 Å². The van der Waals surface area contributed by atoms with Gasteiger partial charge in [-0.05, 0) is 28.8 Å². The predicted octanol–water partition coefficient (Wildman–Crippen LogP) is 4.54. The standard InChI is InChI=1S/C20H18O2/c21-19(16-7-2-1-3-8-16)12-13-20(22)18-11-10-15-6-4-5-9-17(15)14-18/h1-11,14,20,22H,12-13H2. The minimum absolute atomic E-state index is 0.0699. The Hall–Kier alpha value is -2.45. The van der Waals surface area contributed by atoms with E-state index in [1.54, 1.807) is 0 Å². The van der Waals surface area contributed by atoms with Gasteiger partial charge in [0.1, 0.15) is 0 Å². The van der Waals surface area contributed by atoms with Gasteiger partial charge in [0.05, 0.1) is 6.10 Å². The molecular weight excluding hydrogens is 272 g/mol. The molecule has 3 aromatic rings. The molecule has 1 unspecified atom stereocenters. The molecule has 2 nitrogen and oxygen atoms in total. The first kappa shape index (κ1) is 14.5. The molecule has 22 heavy (non-hydrogen) atoms. The molecule has 0 aromatic heterocycles. The maximum absolute atomic E-state index is 12.1. The predicted molar refractivity (Wildman–Crippen MR) is 88.9 cm³/mol. The van der Waals surface area contributed by atoms with Crippen molar-refractivity contribution >= 4 is 16.6 Å². The Morgan fingerprint density at radius 2 is 1.55 bits per heavy atom. The molecule has 0 aliphatic rings. The van der Waals surface area contributed by atoms with Crippen LogP contribution < -0.4 is 0 Å². The van der Waals surface area contributed by atoms with Crippen LogP contribution in [0.25, 0.3) is 10.8 Å². The van der Waals surface area contributed by atoms with E-state index in [1.165, 1.54) is 0 Å². The summed E-state index contributed by atoms with van der Waals surface area (Å²) in [5.74, 6) is 0.0699. The van der Waals surface area contributed by atoms with E-state index >= 15 is 0 Å². The number of rotatable bonds is 5. The number of carbonyl (C=O) groups excluding carboxylic acids is 1. The van der Waals surface area contributed by atoms with E-state index in [9.17, 15) is 9.90 Å². The van der Waals surface area contributed by atoms with E-state index in [0.29, 0.717) is 18.4 Å². The van der Waals surface area contributed by atoms with Crippen molar-refractivity contribution in [1.82, 2.24) is 0 Å². The molecule has 0 aliphatic heterocycles. The number of hydrogen-bond acceptors (Lipinski definition) is 2. The monoisotopic (exact) mass is 290 g/mol. The maximum Gasteiger partial charge on any atom is 0.162 e. The third kappa shape index (κ3) is 3.23. The smallest absolute Gasteiger partial charge is 0.162 e. The highest BCUT2D eigenvalue weighted by atomic mass is 16.3. The van der Waals surface area contributed by atoms with Crippen molar-refractivity contribution in [3.63, 3.8) is 0 Å². The molecule has 0 saturated heterocycles. The fraction of sp³-hybridized carbons (Fsp3) is 0.150. The second-order valence-corrected chi connectivity index (χ2v) is 5.45. The second-order valence-electron chi connectivity index (χ2n) is 5.45. The van der Waals surface area contributed by atoms with E-state index in [1.807, 2.05) is 72.8 Å². The molecule has 0 radical (unpaired) electrons. The molecule has 0 amide bonds. The van der Waals surface area contributed by atoms with Crippen LogP contribution in [-0.2, 0) is 0 Å². The van der Waals surface area contributed by atoms with Gasteiger partial charge in [-0.3, -0.25) is 4.79 Å². The van der Waals surface area contributed by atoms with Crippen LogP contribution in [0.1, 0.15) is 34.9 Å². The molecule has 0 heterocycles. The minimum Gasteiger partial charge on any atom is -0.388 e. The number of carbonyl (C=O) groups is 1. The van der Waals surface area contributed by atoms with Crippen LogP contribution in [0.3, 0.4) is 0 Å². The van der Waals surface area contributed by atoms with Gasteiger partial charge in [-0.1, -0.05) is 66.7 Å². The first-order valence-corrected chi connectivity index (χ1v) is 7.49. The fourth-order valence-electron chi connectivity index (χ4n) is 2.62. The molecule has 3 rings (SSSR count). The number of ketones is 1. The Balaban J connectivity index is 1.68. The number of fused-ring (bicyclic) bond motifs is 1. The van der Waals surface area contributed by atoms with Gasteiger partial charge in [0.15, 0.2) is 5.78 Å². The summed E-state index contributed by atoms with van der Waals surface area (Å²) in [5, 5.41) is 12.6. The van der Waals surface area contributed by atoms with Gasteiger partial charge in [-0.2, -0.15) is 0 Å². The lowest BCUT2D eigenvalue weighted by molar-refractivity contribution is 0.0940. The third-order valence-electron chi connectivity index (χ3n) is 3.90. The summed E-state index contributed by atoms with van der Waals surface area (Å²) >= 11 is 0. The van der Waals surface area contributed by atoms with Crippen LogP contribution in [0.4, 0.5) is 0 Å². The summed E-state index contributed by atoms with van der Waals surface area (Å²) in [7, 11) is 0. The van der Waals surface area contributed by atoms with Crippen molar-refractivity contribution in [3.05, 3.63) is 83.9 Å². The third-order valence-corrected chi connectivity index (χ3v) is 3.90. The fourth-order valence-corrected chi connectivity index (χ4v) is 2.62. The Kier molecular flexibility index (Phi) is 4.31. The lowest BCUT2D eigenvalue weighted by Gasteiger charge is -2.11. The van der Waals surface area contributed by atoms with E-state index in [0.717, 1.165) is 16.3 Å². The Morgan fingerprint density at radius 1 is 0.864 bits per heavy atom. The second kappa shape index (κ2) is 6.54. The number of aliphatic hydroxyl groups is 1. The van der Waals surface area contributed by atoms with E-state index in [4.69, 9.17) is 0 Å². The molecule has 0 aliphatic carbocycles. The molecule has 0 fully saturated rings. The van der Waals surface area contributed by atoms with Crippen molar-refractivity contribution in [1.29, 1.82) is 0 Å². The average Bonchev–Trinajstić information content (AvgIpc) is 2.59. The molecular formula is C20H18O2. The van der Waals surface area contributed by atoms with Crippen molar-refractivity contribution in [3.8, 4) is 0 Å². The van der Waals surface area contributed by atoms with Gasteiger partial charge in [0, 0.05) is 12.0 Å². The number of Topliss-reactive ketones (excluding diaryl/α,β-unsaturated/α-hetero) is 1. The summed E-state index contributed by atoms with van der Waals surface area (Å²) in [6, 6.07) is 23.2. The molecule has 2 heteroatoms. The Labute approximate surface area is 130 Å². The molecule has 110 valence electrons. The topological polar surface area (TPSA) is 37.3 Å². The van der Waals surface area contributed by atoms with Crippen LogP contribution in [0, 0.1) is 0 Å². The lowest BCUT2D eigenvalue weighted by atomic mass is 9.98. The number of aliphatic hydroxyl groups excluding tert-OH is 1. The zero-order valence-electron chi connectivity index (χ0n) is 12.3. The molecule has 0 spiro atoms. The first-order chi connectivity index (χ1) is 10.7. The minimum atomic E-state index is -0.614. The Bertz CT molecular complexity index is 778. The highest BCUT2D eigenvalue weighted by Crippen LogP contribution is 2.24. The Morgan fingerprint density at radius 3 is 2.32 bits per heavy atom. The summed E-state index contributed by atoms with van der Waals surface area (Å²) in [6.07, 6.45) is 0.168. The summed E-state index contributed by atoms with van der Waals surface area (Å²) < 4.78 is 0. The molecule has 1 N–H and O–H groups in total. The highest BCUT2D eigenvalue weighted by molar-refractivity contribution is 5.96. The van der Waals surface area contributed by atoms with E-state index < -0.39 is 6.10 Å². The zero-order chi connectivity index (χ0) is 15.4. The molecule has 3 aromatic carbocycles. The SMILES string of the molecule is O=C(CCC(O)c1ccc2ccccc2c1)c1ccccc1. The number of benzene rings is 3. The van der Waals surface area contributed by atoms with Crippen LogP contribution in [0.5, 0.6) is 0 Å². The van der Waals surface area contributed by atoms with Gasteiger partial charge >= 0.3 is 0 Å². The van der Waals surface area contributed by atoms with Crippen molar-refractivity contribution < 1.29 is 9.90 Å². The van der Waals surface area contributed by atoms with Crippen molar-refractivity contribution in [2.45, 2.75) is 18.9 Å². The first-order valence-electron chi connectivity index (χ1n) is 7.49. The quantitative estimate of drug-likeness (QED) is 0.701. The van der Waals surface area contributed by atoms with Crippen LogP contribution in [-0.4, -0.2) is 10.9 Å². The maximum atomic E-state index is 12.1. The van der Waals surface area contributed by atoms with Gasteiger partial charge in [0.25, 0.3) is 0 Å². The van der Waals surface area contributed by atoms with Gasteiger partial charge in [0.2, 0.25) is 0 Å². The largest absolute Gasteiger partial charge is 0.388 e. The molecule has 0 saturated carbocycles. The van der Waals surface area contributed by atoms with Gasteiger partial charge in [-0.15, -0.1) is 0 Å². The highest BCUT2D eigenvalue weighted by Gasteiger charge is 2.12. The molecule has 1 atom stereocenters.